The topological polar surface area (TPSA) is 45.5 Å². The number of amides is 1. The lowest BCUT2D eigenvalue weighted by Crippen LogP contribution is -2.40. The predicted molar refractivity (Wildman–Crippen MR) is 109 cm³/mol. The number of rotatable bonds is 7. The van der Waals surface area contributed by atoms with Crippen molar-refractivity contribution >= 4 is 30.1 Å². The van der Waals surface area contributed by atoms with Crippen LogP contribution in [0.15, 0.2) is 52.0 Å². The van der Waals surface area contributed by atoms with Crippen LogP contribution in [0.3, 0.4) is 0 Å². The van der Waals surface area contributed by atoms with Gasteiger partial charge < -0.3 is 14.6 Å². The minimum atomic E-state index is 0. The lowest BCUT2D eigenvalue weighted by atomic mass is 9.96. The molecule has 1 saturated heterocycles. The second kappa shape index (κ2) is 10.7. The highest BCUT2D eigenvalue weighted by atomic mass is 35.5. The molecule has 6 heteroatoms. The Balaban J connectivity index is 0.00000243. The van der Waals surface area contributed by atoms with E-state index in [0.717, 1.165) is 50.3 Å². The van der Waals surface area contributed by atoms with Gasteiger partial charge >= 0.3 is 0 Å². The highest BCUT2D eigenvalue weighted by Gasteiger charge is 2.26. The molecule has 142 valence electrons. The van der Waals surface area contributed by atoms with Crippen molar-refractivity contribution in [3.05, 3.63) is 54.0 Å². The van der Waals surface area contributed by atoms with Crippen LogP contribution in [0.25, 0.3) is 0 Å². The molecule has 0 spiro atoms. The number of carbonyl (C=O) groups is 1. The van der Waals surface area contributed by atoms with Crippen LogP contribution in [0.5, 0.6) is 0 Å². The summed E-state index contributed by atoms with van der Waals surface area (Å²) < 4.78 is 5.54. The van der Waals surface area contributed by atoms with Crippen LogP contribution in [0.1, 0.15) is 35.9 Å². The molecule has 1 aliphatic heterocycles. The zero-order valence-corrected chi connectivity index (χ0v) is 16.8. The Morgan fingerprint density at radius 2 is 1.96 bits per heavy atom. The molecule has 0 radical (unpaired) electrons. The number of benzene rings is 1. The first-order chi connectivity index (χ1) is 12.3. The standard InChI is InChI=1S/C20H26N2O2S.ClH/c1-2-21-14-16-8-11-22(12-9-16)20(23)19-17(10-13-24-19)15-25-18-6-4-3-5-7-18;/h3-7,10,13,16,21H,2,8-9,11-12,14-15H2,1H3;1H. The van der Waals surface area contributed by atoms with E-state index < -0.39 is 0 Å². The summed E-state index contributed by atoms with van der Waals surface area (Å²) in [6.45, 7) is 5.83. The molecule has 3 rings (SSSR count). The van der Waals surface area contributed by atoms with Gasteiger partial charge in [0.2, 0.25) is 0 Å². The molecule has 1 N–H and O–H groups in total. The molecule has 1 aliphatic rings. The highest BCUT2D eigenvalue weighted by Crippen LogP contribution is 2.26. The zero-order valence-electron chi connectivity index (χ0n) is 15.1. The van der Waals surface area contributed by atoms with Gasteiger partial charge in [-0.1, -0.05) is 25.1 Å². The van der Waals surface area contributed by atoms with Gasteiger partial charge in [0.25, 0.3) is 5.91 Å². The number of nitrogens with zero attached hydrogens (tertiary/aromatic N) is 1. The summed E-state index contributed by atoms with van der Waals surface area (Å²) in [4.78, 5) is 16.0. The van der Waals surface area contributed by atoms with Crippen LogP contribution in [-0.4, -0.2) is 37.0 Å². The van der Waals surface area contributed by atoms with Crippen molar-refractivity contribution in [2.24, 2.45) is 5.92 Å². The monoisotopic (exact) mass is 394 g/mol. The largest absolute Gasteiger partial charge is 0.459 e. The minimum absolute atomic E-state index is 0. The highest BCUT2D eigenvalue weighted by molar-refractivity contribution is 7.98. The van der Waals surface area contributed by atoms with Crippen molar-refractivity contribution in [1.29, 1.82) is 0 Å². The molecule has 2 aromatic rings. The molecule has 4 nitrogen and oxygen atoms in total. The Hall–Kier alpha value is -1.43. The summed E-state index contributed by atoms with van der Waals surface area (Å²) in [5, 5.41) is 3.41. The fourth-order valence-electron chi connectivity index (χ4n) is 3.15. The van der Waals surface area contributed by atoms with Crippen LogP contribution in [0, 0.1) is 5.92 Å². The Morgan fingerprint density at radius 1 is 1.23 bits per heavy atom. The minimum Gasteiger partial charge on any atom is -0.459 e. The average molecular weight is 395 g/mol. The van der Waals surface area contributed by atoms with Crippen LogP contribution < -0.4 is 5.32 Å². The van der Waals surface area contributed by atoms with E-state index in [1.165, 1.54) is 4.90 Å². The molecule has 1 aromatic heterocycles. The lowest BCUT2D eigenvalue weighted by molar-refractivity contribution is 0.0657. The first-order valence-electron chi connectivity index (χ1n) is 9.02. The smallest absolute Gasteiger partial charge is 0.289 e. The van der Waals surface area contributed by atoms with Crippen LogP contribution >= 0.6 is 24.2 Å². The van der Waals surface area contributed by atoms with Crippen molar-refractivity contribution in [3.8, 4) is 0 Å². The van der Waals surface area contributed by atoms with Gasteiger partial charge in [0, 0.05) is 29.3 Å². The third-order valence-electron chi connectivity index (χ3n) is 4.66. The zero-order chi connectivity index (χ0) is 17.5. The number of piperidine rings is 1. The average Bonchev–Trinajstić information content (AvgIpc) is 3.14. The van der Waals surface area contributed by atoms with Crippen molar-refractivity contribution in [1.82, 2.24) is 10.2 Å². The molecule has 1 amide bonds. The second-order valence-electron chi connectivity index (χ2n) is 6.42. The van der Waals surface area contributed by atoms with Gasteiger partial charge in [-0.3, -0.25) is 4.79 Å². The first kappa shape index (κ1) is 20.9. The summed E-state index contributed by atoms with van der Waals surface area (Å²) in [5.74, 6) is 1.97. The van der Waals surface area contributed by atoms with Crippen molar-refractivity contribution in [3.63, 3.8) is 0 Å². The molecule has 0 aliphatic carbocycles. The van der Waals surface area contributed by atoms with E-state index in [2.05, 4.69) is 24.4 Å². The molecule has 0 atom stereocenters. The molecule has 2 heterocycles. The van der Waals surface area contributed by atoms with E-state index in [9.17, 15) is 4.79 Å². The maximum absolute atomic E-state index is 12.8. The Labute approximate surface area is 166 Å². The molecule has 0 bridgehead atoms. The van der Waals surface area contributed by atoms with Crippen LogP contribution in [0.4, 0.5) is 0 Å². The van der Waals surface area contributed by atoms with Gasteiger partial charge in [0.15, 0.2) is 5.76 Å². The number of hydrogen-bond acceptors (Lipinski definition) is 4. The first-order valence-corrected chi connectivity index (χ1v) is 10.0. The molecule has 26 heavy (non-hydrogen) atoms. The van der Waals surface area contributed by atoms with Gasteiger partial charge in [-0.05, 0) is 50.0 Å². The fraction of sp³-hybridized carbons (Fsp3) is 0.450. The molecular formula is C20H27ClN2O2S. The number of nitrogens with one attached hydrogen (secondary N) is 1. The maximum Gasteiger partial charge on any atom is 0.289 e. The van der Waals surface area contributed by atoms with Crippen LogP contribution in [0.2, 0.25) is 0 Å². The number of furan rings is 1. The van der Waals surface area contributed by atoms with E-state index in [1.807, 2.05) is 29.2 Å². The van der Waals surface area contributed by atoms with E-state index in [-0.39, 0.29) is 18.3 Å². The van der Waals surface area contributed by atoms with Crippen molar-refractivity contribution < 1.29 is 9.21 Å². The Morgan fingerprint density at radius 3 is 2.65 bits per heavy atom. The SMILES string of the molecule is CCNCC1CCN(C(=O)c2occc2CSc2ccccc2)CC1.Cl. The molecular weight excluding hydrogens is 368 g/mol. The van der Waals surface area contributed by atoms with E-state index in [0.29, 0.717) is 11.7 Å². The third-order valence-corrected chi connectivity index (χ3v) is 5.72. The van der Waals surface area contributed by atoms with Gasteiger partial charge in [-0.25, -0.2) is 0 Å². The Kier molecular flexibility index (Phi) is 8.55. The van der Waals surface area contributed by atoms with Crippen LogP contribution in [-0.2, 0) is 5.75 Å². The molecule has 1 aromatic carbocycles. The summed E-state index contributed by atoms with van der Waals surface area (Å²) in [6.07, 6.45) is 3.76. The van der Waals surface area contributed by atoms with Gasteiger partial charge in [0.1, 0.15) is 0 Å². The third kappa shape index (κ3) is 5.53. The quantitative estimate of drug-likeness (QED) is 0.704. The van der Waals surface area contributed by atoms with Gasteiger partial charge in [0.05, 0.1) is 6.26 Å². The Bertz CT molecular complexity index is 669. The molecule has 0 saturated carbocycles. The fourth-order valence-corrected chi connectivity index (χ4v) is 4.05. The number of thioether (sulfide) groups is 1. The predicted octanol–water partition coefficient (Wildman–Crippen LogP) is 4.46. The molecule has 1 fully saturated rings. The summed E-state index contributed by atoms with van der Waals surface area (Å²) in [6, 6.07) is 12.2. The number of hydrogen-bond donors (Lipinski definition) is 1. The normalized spacial score (nSPS) is 14.9. The van der Waals surface area contributed by atoms with Crippen molar-refractivity contribution in [2.75, 3.05) is 26.2 Å². The number of carbonyl (C=O) groups excluding carboxylic acids is 1. The molecule has 0 unspecified atom stereocenters. The van der Waals surface area contributed by atoms with Crippen molar-refractivity contribution in [2.45, 2.75) is 30.4 Å². The van der Waals surface area contributed by atoms with Gasteiger partial charge in [-0.15, -0.1) is 24.2 Å². The number of halogens is 1. The van der Waals surface area contributed by atoms with E-state index >= 15 is 0 Å². The lowest BCUT2D eigenvalue weighted by Gasteiger charge is -2.31. The van der Waals surface area contributed by atoms with Gasteiger partial charge in [-0.2, -0.15) is 0 Å². The van der Waals surface area contributed by atoms with E-state index in [1.54, 1.807) is 18.0 Å². The summed E-state index contributed by atoms with van der Waals surface area (Å²) in [7, 11) is 0. The summed E-state index contributed by atoms with van der Waals surface area (Å²) >= 11 is 1.73. The summed E-state index contributed by atoms with van der Waals surface area (Å²) in [5.41, 5.74) is 0.980. The maximum atomic E-state index is 12.8. The van der Waals surface area contributed by atoms with E-state index in [4.69, 9.17) is 4.42 Å². The number of likely N-dealkylation sites (tertiary alicyclic amines) is 1. The second-order valence-corrected chi connectivity index (χ2v) is 7.47.